The van der Waals surface area contributed by atoms with Gasteiger partial charge in [0, 0.05) is 49.3 Å². The number of anilines is 1. The number of benzene rings is 2. The van der Waals surface area contributed by atoms with E-state index >= 15 is 0 Å². The number of pyridine rings is 1. The van der Waals surface area contributed by atoms with Gasteiger partial charge in [-0.2, -0.15) is 0 Å². The molecule has 206 valence electrons. The molecule has 1 aliphatic heterocycles. The van der Waals surface area contributed by atoms with Crippen molar-refractivity contribution in [3.05, 3.63) is 101 Å². The Morgan fingerprint density at radius 1 is 1.10 bits per heavy atom. The fourth-order valence-electron chi connectivity index (χ4n) is 4.98. The van der Waals surface area contributed by atoms with Crippen molar-refractivity contribution in [1.82, 2.24) is 9.88 Å². The van der Waals surface area contributed by atoms with Gasteiger partial charge in [-0.05, 0) is 69.1 Å². The van der Waals surface area contributed by atoms with Crippen LogP contribution in [0.5, 0.6) is 5.88 Å². The van der Waals surface area contributed by atoms with Crippen molar-refractivity contribution < 1.29 is 19.4 Å². The van der Waals surface area contributed by atoms with Crippen LogP contribution in [0.4, 0.5) is 5.69 Å². The molecule has 1 fully saturated rings. The van der Waals surface area contributed by atoms with E-state index in [9.17, 15) is 9.90 Å². The molecule has 2 heterocycles. The summed E-state index contributed by atoms with van der Waals surface area (Å²) in [5, 5.41) is 9.50. The SMILES string of the molecule is C=C(CN1CCC(c2cccc(OCc3ccc(C)cc3)n2)CC1)N(CCOC)c1cc(C(=O)O)ccc1C. The summed E-state index contributed by atoms with van der Waals surface area (Å²) in [5.41, 5.74) is 6.51. The van der Waals surface area contributed by atoms with Crippen molar-refractivity contribution in [2.75, 3.05) is 44.8 Å². The van der Waals surface area contributed by atoms with Gasteiger partial charge in [0.2, 0.25) is 5.88 Å². The van der Waals surface area contributed by atoms with Gasteiger partial charge in [-0.1, -0.05) is 48.5 Å². The molecule has 3 aromatic rings. The van der Waals surface area contributed by atoms with Gasteiger partial charge in [0.25, 0.3) is 0 Å². The normalized spacial score (nSPS) is 14.2. The molecule has 0 radical (unpaired) electrons. The van der Waals surface area contributed by atoms with Gasteiger partial charge in [0.1, 0.15) is 6.61 Å². The van der Waals surface area contributed by atoms with Crippen LogP contribution in [0.15, 0.2) is 72.9 Å². The lowest BCUT2D eigenvalue weighted by Crippen LogP contribution is -2.39. The molecule has 7 nitrogen and oxygen atoms in total. The lowest BCUT2D eigenvalue weighted by molar-refractivity contribution is 0.0697. The number of carboxylic acids is 1. The fraction of sp³-hybridized carbons (Fsp3) is 0.375. The molecule has 0 spiro atoms. The number of methoxy groups -OCH3 is 1. The number of aromatic nitrogens is 1. The van der Waals surface area contributed by atoms with Crippen LogP contribution in [0.3, 0.4) is 0 Å². The lowest BCUT2D eigenvalue weighted by atomic mass is 9.93. The minimum atomic E-state index is -0.936. The summed E-state index contributed by atoms with van der Waals surface area (Å²) in [7, 11) is 1.67. The van der Waals surface area contributed by atoms with Crippen LogP contribution in [0.2, 0.25) is 0 Å². The summed E-state index contributed by atoms with van der Waals surface area (Å²) in [6, 6.07) is 19.6. The second kappa shape index (κ2) is 13.4. The first-order valence-corrected chi connectivity index (χ1v) is 13.5. The first-order chi connectivity index (χ1) is 18.8. The molecule has 1 saturated heterocycles. The van der Waals surface area contributed by atoms with Crippen LogP contribution >= 0.6 is 0 Å². The predicted octanol–water partition coefficient (Wildman–Crippen LogP) is 5.82. The van der Waals surface area contributed by atoms with Crippen LogP contribution in [0.1, 0.15) is 51.5 Å². The summed E-state index contributed by atoms with van der Waals surface area (Å²) in [6.07, 6.45) is 2.01. The van der Waals surface area contributed by atoms with Crippen LogP contribution in [-0.2, 0) is 11.3 Å². The molecular formula is C32H39N3O4. The molecule has 0 saturated carbocycles. The summed E-state index contributed by atoms with van der Waals surface area (Å²) in [5.74, 6) is 0.113. The quantitative estimate of drug-likeness (QED) is 0.317. The van der Waals surface area contributed by atoms with Crippen LogP contribution in [0.25, 0.3) is 0 Å². The predicted molar refractivity (Wildman–Crippen MR) is 155 cm³/mol. The molecule has 1 aliphatic rings. The maximum Gasteiger partial charge on any atom is 0.335 e. The molecule has 1 N–H and O–H groups in total. The van der Waals surface area contributed by atoms with Crippen LogP contribution in [0, 0.1) is 13.8 Å². The molecule has 4 rings (SSSR count). The third kappa shape index (κ3) is 7.68. The molecule has 0 unspecified atom stereocenters. The van der Waals surface area contributed by atoms with E-state index < -0.39 is 5.97 Å². The highest BCUT2D eigenvalue weighted by Gasteiger charge is 2.24. The minimum absolute atomic E-state index is 0.268. The number of aryl methyl sites for hydroxylation is 2. The van der Waals surface area contributed by atoms with Crippen LogP contribution < -0.4 is 9.64 Å². The number of likely N-dealkylation sites (tertiary alicyclic amines) is 1. The number of nitrogens with zero attached hydrogens (tertiary/aromatic N) is 3. The first kappa shape index (κ1) is 28.3. The van der Waals surface area contributed by atoms with Gasteiger partial charge in [-0.15, -0.1) is 0 Å². The number of rotatable bonds is 12. The van der Waals surface area contributed by atoms with Crippen molar-refractivity contribution in [2.24, 2.45) is 0 Å². The fourth-order valence-corrected chi connectivity index (χ4v) is 4.98. The van der Waals surface area contributed by atoms with E-state index in [1.165, 1.54) is 5.56 Å². The first-order valence-electron chi connectivity index (χ1n) is 13.5. The van der Waals surface area contributed by atoms with E-state index in [2.05, 4.69) is 53.6 Å². The van der Waals surface area contributed by atoms with Crippen molar-refractivity contribution >= 4 is 11.7 Å². The number of piperidine rings is 1. The average molecular weight is 530 g/mol. The van der Waals surface area contributed by atoms with E-state index in [4.69, 9.17) is 14.5 Å². The minimum Gasteiger partial charge on any atom is -0.478 e. The molecule has 7 heteroatoms. The Balaban J connectivity index is 1.35. The Kier molecular flexibility index (Phi) is 9.74. The molecular weight excluding hydrogens is 490 g/mol. The van der Waals surface area contributed by atoms with E-state index in [1.807, 2.05) is 25.1 Å². The van der Waals surface area contributed by atoms with Gasteiger partial charge in [0.15, 0.2) is 0 Å². The smallest absolute Gasteiger partial charge is 0.335 e. The van der Waals surface area contributed by atoms with E-state index in [-0.39, 0.29) is 5.56 Å². The summed E-state index contributed by atoms with van der Waals surface area (Å²) >= 11 is 0. The number of ether oxygens (including phenoxy) is 2. The van der Waals surface area contributed by atoms with E-state index in [1.54, 1.807) is 19.2 Å². The largest absolute Gasteiger partial charge is 0.478 e. The Morgan fingerprint density at radius 3 is 2.54 bits per heavy atom. The van der Waals surface area contributed by atoms with Crippen molar-refractivity contribution in [1.29, 1.82) is 0 Å². The van der Waals surface area contributed by atoms with Gasteiger partial charge in [0.05, 0.1) is 12.2 Å². The van der Waals surface area contributed by atoms with E-state index in [0.29, 0.717) is 38.1 Å². The van der Waals surface area contributed by atoms with Crippen molar-refractivity contribution in [2.45, 2.75) is 39.2 Å². The number of carbonyl (C=O) groups is 1. The zero-order chi connectivity index (χ0) is 27.8. The third-order valence-corrected chi connectivity index (χ3v) is 7.31. The number of hydrogen-bond donors (Lipinski definition) is 1. The molecule has 0 amide bonds. The maximum absolute atomic E-state index is 11.6. The number of aromatic carboxylic acids is 1. The highest BCUT2D eigenvalue weighted by Crippen LogP contribution is 2.30. The standard InChI is InChI=1S/C32H39N3O4/c1-23-8-11-26(12-9-23)22-39-31-7-5-6-29(33-31)27-14-16-34(17-15-27)21-25(3)35(18-19-38-4)30-20-28(32(36)37)13-10-24(30)2/h5-13,20,27H,3,14-19,21-22H2,1-2,4H3,(H,36,37). The van der Waals surface area contributed by atoms with Gasteiger partial charge in [-0.25, -0.2) is 9.78 Å². The zero-order valence-corrected chi connectivity index (χ0v) is 23.2. The Hall–Kier alpha value is -3.68. The van der Waals surface area contributed by atoms with Gasteiger partial charge < -0.3 is 19.5 Å². The third-order valence-electron chi connectivity index (χ3n) is 7.31. The summed E-state index contributed by atoms with van der Waals surface area (Å²) < 4.78 is 11.3. The number of hydrogen-bond acceptors (Lipinski definition) is 6. The second-order valence-corrected chi connectivity index (χ2v) is 10.2. The molecule has 39 heavy (non-hydrogen) atoms. The van der Waals surface area contributed by atoms with Gasteiger partial charge in [-0.3, -0.25) is 4.90 Å². The van der Waals surface area contributed by atoms with Crippen molar-refractivity contribution in [3.8, 4) is 5.88 Å². The second-order valence-electron chi connectivity index (χ2n) is 10.2. The molecule has 0 bridgehead atoms. The maximum atomic E-state index is 11.6. The Morgan fingerprint density at radius 2 is 1.85 bits per heavy atom. The molecule has 0 aliphatic carbocycles. The Labute approximate surface area is 231 Å². The highest BCUT2D eigenvalue weighted by molar-refractivity contribution is 5.89. The molecule has 0 atom stereocenters. The monoisotopic (exact) mass is 529 g/mol. The number of carboxylic acid groups (broad SMARTS) is 1. The topological polar surface area (TPSA) is 75.1 Å². The zero-order valence-electron chi connectivity index (χ0n) is 23.2. The van der Waals surface area contributed by atoms with Crippen molar-refractivity contribution in [3.63, 3.8) is 0 Å². The van der Waals surface area contributed by atoms with Crippen LogP contribution in [-0.4, -0.2) is 60.9 Å². The average Bonchev–Trinajstić information content (AvgIpc) is 2.94. The summed E-state index contributed by atoms with van der Waals surface area (Å²) in [4.78, 5) is 20.9. The summed E-state index contributed by atoms with van der Waals surface area (Å²) in [6.45, 7) is 12.7. The van der Waals surface area contributed by atoms with E-state index in [0.717, 1.165) is 54.1 Å². The van der Waals surface area contributed by atoms with Gasteiger partial charge >= 0.3 is 5.97 Å². The Bertz CT molecular complexity index is 1270. The molecule has 1 aromatic heterocycles. The lowest BCUT2D eigenvalue weighted by Gasteiger charge is -2.35. The highest BCUT2D eigenvalue weighted by atomic mass is 16.5. The molecule has 2 aromatic carbocycles.